The fourth-order valence-corrected chi connectivity index (χ4v) is 1.95. The summed E-state index contributed by atoms with van der Waals surface area (Å²) < 4.78 is 6.61. The molecule has 0 radical (unpaired) electrons. The Bertz CT molecular complexity index is 567. The van der Waals surface area contributed by atoms with Gasteiger partial charge < -0.3 is 10.1 Å². The number of anilines is 1. The van der Waals surface area contributed by atoms with Gasteiger partial charge in [0.15, 0.2) is 6.61 Å². The molecule has 2 aromatic carbocycles. The van der Waals surface area contributed by atoms with E-state index in [1.54, 1.807) is 0 Å². The van der Waals surface area contributed by atoms with Crippen LogP contribution < -0.4 is 10.1 Å². The Labute approximate surface area is 126 Å². The molecule has 0 spiro atoms. The highest BCUT2D eigenvalue weighted by atomic mass is 127. The van der Waals surface area contributed by atoms with E-state index in [4.69, 9.17) is 4.74 Å². The first-order valence-corrected chi connectivity index (χ1v) is 6.97. The van der Waals surface area contributed by atoms with Gasteiger partial charge in [-0.05, 0) is 65.4 Å². The minimum Gasteiger partial charge on any atom is -0.483 e. The molecule has 98 valence electrons. The lowest BCUT2D eigenvalue weighted by Crippen LogP contribution is -2.20. The third-order valence-corrected chi connectivity index (χ3v) is 3.30. The molecule has 2 rings (SSSR count). The molecule has 0 atom stereocenters. The Balaban J connectivity index is 1.88. The highest BCUT2D eigenvalue weighted by molar-refractivity contribution is 14.1. The van der Waals surface area contributed by atoms with Crippen LogP contribution in [0.15, 0.2) is 48.5 Å². The van der Waals surface area contributed by atoms with Crippen molar-refractivity contribution in [2.24, 2.45) is 0 Å². The second kappa shape index (κ2) is 6.56. The van der Waals surface area contributed by atoms with Gasteiger partial charge >= 0.3 is 0 Å². The van der Waals surface area contributed by atoms with Gasteiger partial charge in [0.1, 0.15) is 5.75 Å². The fourth-order valence-electron chi connectivity index (χ4n) is 1.59. The molecule has 3 nitrogen and oxygen atoms in total. The zero-order chi connectivity index (χ0) is 13.7. The number of carbonyl (C=O) groups is 1. The molecule has 0 aliphatic carbocycles. The normalized spacial score (nSPS) is 10.0. The maximum Gasteiger partial charge on any atom is 0.262 e. The van der Waals surface area contributed by atoms with E-state index >= 15 is 0 Å². The summed E-state index contributed by atoms with van der Waals surface area (Å²) in [5, 5.41) is 2.79. The van der Waals surface area contributed by atoms with Gasteiger partial charge in [0.05, 0.1) is 0 Å². The van der Waals surface area contributed by atoms with Crippen LogP contribution in [0.4, 0.5) is 5.69 Å². The zero-order valence-electron chi connectivity index (χ0n) is 10.5. The number of para-hydroxylation sites is 1. The average molecular weight is 367 g/mol. The van der Waals surface area contributed by atoms with E-state index in [-0.39, 0.29) is 12.5 Å². The first kappa shape index (κ1) is 13.9. The highest BCUT2D eigenvalue weighted by Crippen LogP contribution is 2.16. The Morgan fingerprint density at radius 1 is 1.16 bits per heavy atom. The molecule has 0 saturated heterocycles. The van der Waals surface area contributed by atoms with Gasteiger partial charge in [-0.15, -0.1) is 0 Å². The Morgan fingerprint density at radius 2 is 1.84 bits per heavy atom. The van der Waals surface area contributed by atoms with Crippen molar-refractivity contribution in [3.8, 4) is 5.75 Å². The molecule has 0 saturated carbocycles. The van der Waals surface area contributed by atoms with Gasteiger partial charge in [-0.1, -0.05) is 18.2 Å². The van der Waals surface area contributed by atoms with Gasteiger partial charge in [0.2, 0.25) is 0 Å². The van der Waals surface area contributed by atoms with Crippen LogP contribution in [0, 0.1) is 10.5 Å². The summed E-state index contributed by atoms with van der Waals surface area (Å²) in [6.45, 7) is 1.96. The number of aryl methyl sites for hydroxylation is 1. The van der Waals surface area contributed by atoms with Crippen LogP contribution in [0.5, 0.6) is 5.75 Å². The summed E-state index contributed by atoms with van der Waals surface area (Å²) >= 11 is 2.22. The largest absolute Gasteiger partial charge is 0.483 e. The van der Waals surface area contributed by atoms with Crippen LogP contribution in [0.3, 0.4) is 0 Å². The Kier molecular flexibility index (Phi) is 4.79. The van der Waals surface area contributed by atoms with Crippen LogP contribution in [-0.4, -0.2) is 12.5 Å². The van der Waals surface area contributed by atoms with Gasteiger partial charge in [-0.3, -0.25) is 4.79 Å². The number of halogens is 1. The third kappa shape index (κ3) is 4.24. The van der Waals surface area contributed by atoms with E-state index in [1.807, 2.05) is 55.5 Å². The lowest BCUT2D eigenvalue weighted by atomic mass is 10.2. The van der Waals surface area contributed by atoms with Crippen LogP contribution in [0.2, 0.25) is 0 Å². The SMILES string of the molecule is Cc1ccccc1OCC(=O)Nc1ccc(I)cc1. The summed E-state index contributed by atoms with van der Waals surface area (Å²) in [5.41, 5.74) is 1.79. The van der Waals surface area contributed by atoms with Crippen molar-refractivity contribution in [3.63, 3.8) is 0 Å². The van der Waals surface area contributed by atoms with E-state index in [0.717, 1.165) is 20.6 Å². The summed E-state index contributed by atoms with van der Waals surface area (Å²) in [7, 11) is 0. The minimum absolute atomic E-state index is 0.0108. The monoisotopic (exact) mass is 367 g/mol. The van der Waals surface area contributed by atoms with Crippen molar-refractivity contribution in [1.29, 1.82) is 0 Å². The fraction of sp³-hybridized carbons (Fsp3) is 0.133. The molecule has 0 aromatic heterocycles. The molecule has 4 heteroatoms. The molecule has 0 aliphatic heterocycles. The lowest BCUT2D eigenvalue weighted by molar-refractivity contribution is -0.118. The maximum atomic E-state index is 11.7. The van der Waals surface area contributed by atoms with Crippen LogP contribution in [0.25, 0.3) is 0 Å². The second-order valence-corrected chi connectivity index (χ2v) is 5.35. The van der Waals surface area contributed by atoms with E-state index in [1.165, 1.54) is 0 Å². The first-order valence-electron chi connectivity index (χ1n) is 5.89. The molecular weight excluding hydrogens is 353 g/mol. The van der Waals surface area contributed by atoms with Gasteiger partial charge in [-0.25, -0.2) is 0 Å². The summed E-state index contributed by atoms with van der Waals surface area (Å²) in [6, 6.07) is 15.3. The first-order chi connectivity index (χ1) is 9.15. The molecule has 0 unspecified atom stereocenters. The van der Waals surface area contributed by atoms with Crippen LogP contribution in [0.1, 0.15) is 5.56 Å². The molecule has 2 aromatic rings. The number of rotatable bonds is 4. The van der Waals surface area contributed by atoms with Gasteiger partial charge in [0, 0.05) is 9.26 Å². The Hall–Kier alpha value is -1.56. The number of nitrogens with one attached hydrogen (secondary N) is 1. The number of ether oxygens (including phenoxy) is 1. The molecule has 0 heterocycles. The van der Waals surface area contributed by atoms with E-state index in [9.17, 15) is 4.79 Å². The molecule has 0 bridgehead atoms. The maximum absolute atomic E-state index is 11.7. The predicted molar refractivity (Wildman–Crippen MR) is 84.5 cm³/mol. The van der Waals surface area contributed by atoms with E-state index in [2.05, 4.69) is 27.9 Å². The van der Waals surface area contributed by atoms with Crippen molar-refractivity contribution in [2.45, 2.75) is 6.92 Å². The minimum atomic E-state index is -0.163. The van der Waals surface area contributed by atoms with Gasteiger partial charge in [0.25, 0.3) is 5.91 Å². The standard InChI is InChI=1S/C15H14INO2/c1-11-4-2-3-5-14(11)19-10-15(18)17-13-8-6-12(16)7-9-13/h2-9H,10H2,1H3,(H,17,18). The van der Waals surface area contributed by atoms with E-state index < -0.39 is 0 Å². The lowest BCUT2D eigenvalue weighted by Gasteiger charge is -2.09. The molecule has 1 amide bonds. The summed E-state index contributed by atoms with van der Waals surface area (Å²) in [4.78, 5) is 11.7. The second-order valence-electron chi connectivity index (χ2n) is 4.11. The number of hydrogen-bond donors (Lipinski definition) is 1. The van der Waals surface area contributed by atoms with E-state index in [0.29, 0.717) is 0 Å². The molecule has 0 aliphatic rings. The van der Waals surface area contributed by atoms with Crippen molar-refractivity contribution >= 4 is 34.2 Å². The van der Waals surface area contributed by atoms with Gasteiger partial charge in [-0.2, -0.15) is 0 Å². The van der Waals surface area contributed by atoms with Crippen LogP contribution in [-0.2, 0) is 4.79 Å². The topological polar surface area (TPSA) is 38.3 Å². The van der Waals surface area contributed by atoms with Crippen molar-refractivity contribution in [1.82, 2.24) is 0 Å². The van der Waals surface area contributed by atoms with Crippen LogP contribution >= 0.6 is 22.6 Å². The molecule has 1 N–H and O–H groups in total. The molecular formula is C15H14INO2. The highest BCUT2D eigenvalue weighted by Gasteiger charge is 2.04. The quantitative estimate of drug-likeness (QED) is 0.839. The average Bonchev–Trinajstić information content (AvgIpc) is 2.40. The Morgan fingerprint density at radius 3 is 2.53 bits per heavy atom. The molecule has 0 fully saturated rings. The molecule has 19 heavy (non-hydrogen) atoms. The number of benzene rings is 2. The number of amides is 1. The number of carbonyl (C=O) groups excluding carboxylic acids is 1. The smallest absolute Gasteiger partial charge is 0.262 e. The number of hydrogen-bond acceptors (Lipinski definition) is 2. The third-order valence-electron chi connectivity index (χ3n) is 2.58. The van der Waals surface area contributed by atoms with Crippen molar-refractivity contribution < 1.29 is 9.53 Å². The zero-order valence-corrected chi connectivity index (χ0v) is 12.7. The predicted octanol–water partition coefficient (Wildman–Crippen LogP) is 3.62. The summed E-state index contributed by atoms with van der Waals surface area (Å²) in [6.07, 6.45) is 0. The summed E-state index contributed by atoms with van der Waals surface area (Å²) in [5.74, 6) is 0.574. The van der Waals surface area contributed by atoms with Crippen molar-refractivity contribution in [2.75, 3.05) is 11.9 Å². The van der Waals surface area contributed by atoms with Crippen molar-refractivity contribution in [3.05, 3.63) is 57.7 Å².